The van der Waals surface area contributed by atoms with Crippen LogP contribution in [0.25, 0.3) is 0 Å². The summed E-state index contributed by atoms with van der Waals surface area (Å²) in [5.74, 6) is 0.120. The number of hydrogen-bond acceptors (Lipinski definition) is 3. The number of nitrogens with zero attached hydrogens (tertiary/aromatic N) is 2. The number of aryl methyl sites for hydroxylation is 2. The van der Waals surface area contributed by atoms with Crippen molar-refractivity contribution in [3.63, 3.8) is 0 Å². The Morgan fingerprint density at radius 2 is 2.04 bits per heavy atom. The first-order chi connectivity index (χ1) is 11.7. The fourth-order valence-electron chi connectivity index (χ4n) is 4.32. The Labute approximate surface area is 147 Å². The Balaban J connectivity index is 1.45. The van der Waals surface area contributed by atoms with Crippen LogP contribution < -0.4 is 0 Å². The van der Waals surface area contributed by atoms with E-state index >= 15 is 0 Å². The van der Waals surface area contributed by atoms with E-state index in [4.69, 9.17) is 0 Å². The van der Waals surface area contributed by atoms with Crippen LogP contribution in [0.1, 0.15) is 59.2 Å². The topological polar surface area (TPSA) is 33.2 Å². The lowest BCUT2D eigenvalue weighted by Crippen LogP contribution is -2.44. The van der Waals surface area contributed by atoms with E-state index in [-0.39, 0.29) is 5.91 Å². The van der Waals surface area contributed by atoms with E-state index in [1.54, 1.807) is 11.3 Å². The normalized spacial score (nSPS) is 18.8. The third kappa shape index (κ3) is 2.67. The molecule has 0 radical (unpaired) electrons. The van der Waals surface area contributed by atoms with Gasteiger partial charge < -0.3 is 4.90 Å². The lowest BCUT2D eigenvalue weighted by molar-refractivity contribution is 0.0660. The summed E-state index contributed by atoms with van der Waals surface area (Å²) in [6.07, 6.45) is 6.65. The first-order valence-corrected chi connectivity index (χ1v) is 9.92. The molecule has 0 unspecified atom stereocenters. The number of thiazole rings is 1. The van der Waals surface area contributed by atoms with Crippen molar-refractivity contribution in [2.75, 3.05) is 13.1 Å². The number of fused-ring (bicyclic) bond motifs is 2. The van der Waals surface area contributed by atoms with Gasteiger partial charge in [0.1, 0.15) is 5.69 Å². The molecule has 0 saturated carbocycles. The minimum absolute atomic E-state index is 0.120. The van der Waals surface area contributed by atoms with E-state index in [1.807, 2.05) is 10.3 Å². The number of carbonyl (C=O) groups excluding carboxylic acids is 1. The van der Waals surface area contributed by atoms with E-state index in [1.165, 1.54) is 24.0 Å². The van der Waals surface area contributed by atoms with Gasteiger partial charge in [0.2, 0.25) is 0 Å². The minimum Gasteiger partial charge on any atom is -0.337 e. The summed E-state index contributed by atoms with van der Waals surface area (Å²) >= 11 is 1.62. The van der Waals surface area contributed by atoms with E-state index in [0.717, 1.165) is 43.8 Å². The molecule has 2 aliphatic rings. The summed E-state index contributed by atoms with van der Waals surface area (Å²) in [7, 11) is 0. The van der Waals surface area contributed by atoms with Crippen LogP contribution in [0.15, 0.2) is 29.6 Å². The van der Waals surface area contributed by atoms with Gasteiger partial charge in [0.15, 0.2) is 0 Å². The van der Waals surface area contributed by atoms with E-state index in [0.29, 0.717) is 11.1 Å². The predicted octanol–water partition coefficient (Wildman–Crippen LogP) is 4.22. The molecule has 0 bridgehead atoms. The predicted molar refractivity (Wildman–Crippen MR) is 97.7 cm³/mol. The van der Waals surface area contributed by atoms with Crippen LogP contribution in [-0.2, 0) is 18.3 Å². The second-order valence-electron chi connectivity index (χ2n) is 7.11. The number of piperidine rings is 1. The summed E-state index contributed by atoms with van der Waals surface area (Å²) in [5.41, 5.74) is 4.01. The largest absolute Gasteiger partial charge is 0.337 e. The van der Waals surface area contributed by atoms with Crippen LogP contribution in [0.5, 0.6) is 0 Å². The molecule has 1 aliphatic carbocycles. The van der Waals surface area contributed by atoms with Crippen LogP contribution in [0.4, 0.5) is 0 Å². The van der Waals surface area contributed by atoms with Gasteiger partial charge in [-0.05, 0) is 55.1 Å². The summed E-state index contributed by atoms with van der Waals surface area (Å²) in [6, 6.07) is 8.88. The van der Waals surface area contributed by atoms with Crippen molar-refractivity contribution in [3.8, 4) is 0 Å². The minimum atomic E-state index is 0.120. The Kier molecular flexibility index (Phi) is 4.17. The van der Waals surface area contributed by atoms with Crippen LogP contribution in [0, 0.1) is 0 Å². The highest BCUT2D eigenvalue weighted by atomic mass is 32.1. The zero-order chi connectivity index (χ0) is 16.6. The van der Waals surface area contributed by atoms with Gasteiger partial charge in [-0.2, -0.15) is 0 Å². The average molecular weight is 340 g/mol. The Morgan fingerprint density at radius 1 is 1.25 bits per heavy atom. The van der Waals surface area contributed by atoms with Gasteiger partial charge >= 0.3 is 0 Å². The standard InChI is InChI=1S/C20H24N2OS/c1-2-5-18-21-17(14-24-18)19(23)22-12-10-20(11-13-22)9-8-15-6-3-4-7-16(15)20/h3-4,6-7,14H,2,5,8-13H2,1H3. The van der Waals surface area contributed by atoms with Crippen LogP contribution in [0.2, 0.25) is 0 Å². The molecule has 1 fully saturated rings. The Morgan fingerprint density at radius 3 is 2.83 bits per heavy atom. The second-order valence-corrected chi connectivity index (χ2v) is 8.05. The molecule has 1 aliphatic heterocycles. The van der Waals surface area contributed by atoms with E-state index < -0.39 is 0 Å². The number of amides is 1. The molecule has 24 heavy (non-hydrogen) atoms. The molecule has 4 heteroatoms. The molecule has 0 atom stereocenters. The average Bonchev–Trinajstić information content (AvgIpc) is 3.22. The summed E-state index contributed by atoms with van der Waals surface area (Å²) in [5, 5.41) is 3.02. The number of carbonyl (C=O) groups is 1. The highest BCUT2D eigenvalue weighted by molar-refractivity contribution is 7.09. The molecule has 1 aromatic carbocycles. The molecule has 2 aromatic rings. The molecular weight excluding hydrogens is 316 g/mol. The third-order valence-corrected chi connectivity index (χ3v) is 6.61. The van der Waals surface area contributed by atoms with Crippen molar-refractivity contribution in [2.45, 2.75) is 50.9 Å². The van der Waals surface area contributed by atoms with Gasteiger partial charge in [-0.1, -0.05) is 31.2 Å². The first-order valence-electron chi connectivity index (χ1n) is 9.04. The molecule has 4 rings (SSSR count). The maximum Gasteiger partial charge on any atom is 0.273 e. The van der Waals surface area contributed by atoms with Crippen LogP contribution in [-0.4, -0.2) is 28.9 Å². The van der Waals surface area contributed by atoms with Crippen LogP contribution in [0.3, 0.4) is 0 Å². The maximum atomic E-state index is 12.7. The van der Waals surface area contributed by atoms with Gasteiger partial charge in [-0.15, -0.1) is 11.3 Å². The summed E-state index contributed by atoms with van der Waals surface area (Å²) < 4.78 is 0. The van der Waals surface area contributed by atoms with Crippen molar-refractivity contribution < 1.29 is 4.79 Å². The molecule has 2 heterocycles. The molecule has 1 spiro atoms. The van der Waals surface area contributed by atoms with Gasteiger partial charge in [-0.25, -0.2) is 4.98 Å². The van der Waals surface area contributed by atoms with Gasteiger partial charge in [0.25, 0.3) is 5.91 Å². The molecule has 1 aromatic heterocycles. The van der Waals surface area contributed by atoms with E-state index in [9.17, 15) is 4.79 Å². The SMILES string of the molecule is CCCc1nc(C(=O)N2CCC3(CCc4ccccc43)CC2)cs1. The van der Waals surface area contributed by atoms with Gasteiger partial charge in [0, 0.05) is 18.5 Å². The fraction of sp³-hybridized carbons (Fsp3) is 0.500. The molecule has 1 amide bonds. The lowest BCUT2D eigenvalue weighted by atomic mass is 9.74. The molecule has 1 saturated heterocycles. The van der Waals surface area contributed by atoms with Crippen molar-refractivity contribution in [1.82, 2.24) is 9.88 Å². The Bertz CT molecular complexity index is 744. The van der Waals surface area contributed by atoms with Crippen molar-refractivity contribution >= 4 is 17.2 Å². The number of benzene rings is 1. The monoisotopic (exact) mass is 340 g/mol. The van der Waals surface area contributed by atoms with Crippen molar-refractivity contribution in [3.05, 3.63) is 51.5 Å². The second kappa shape index (κ2) is 6.32. The van der Waals surface area contributed by atoms with Gasteiger partial charge in [0.05, 0.1) is 5.01 Å². The highest BCUT2D eigenvalue weighted by Gasteiger charge is 2.41. The van der Waals surface area contributed by atoms with E-state index in [2.05, 4.69) is 36.2 Å². The zero-order valence-corrected chi connectivity index (χ0v) is 15.1. The highest BCUT2D eigenvalue weighted by Crippen LogP contribution is 2.46. The molecule has 126 valence electrons. The number of likely N-dealkylation sites (tertiary alicyclic amines) is 1. The van der Waals surface area contributed by atoms with Crippen molar-refractivity contribution in [1.29, 1.82) is 0 Å². The number of rotatable bonds is 3. The number of hydrogen-bond donors (Lipinski definition) is 0. The summed E-state index contributed by atoms with van der Waals surface area (Å²) in [4.78, 5) is 19.3. The zero-order valence-electron chi connectivity index (χ0n) is 14.3. The molecule has 3 nitrogen and oxygen atoms in total. The van der Waals surface area contributed by atoms with Gasteiger partial charge in [-0.3, -0.25) is 4.79 Å². The quantitative estimate of drug-likeness (QED) is 0.838. The fourth-order valence-corrected chi connectivity index (χ4v) is 5.20. The summed E-state index contributed by atoms with van der Waals surface area (Å²) in [6.45, 7) is 3.86. The Hall–Kier alpha value is -1.68. The number of aromatic nitrogens is 1. The molecular formula is C20H24N2OS. The lowest BCUT2D eigenvalue weighted by Gasteiger charge is -2.40. The smallest absolute Gasteiger partial charge is 0.273 e. The first kappa shape index (κ1) is 15.8. The molecule has 0 N–H and O–H groups in total. The third-order valence-electron chi connectivity index (χ3n) is 5.70. The van der Waals surface area contributed by atoms with Crippen molar-refractivity contribution in [2.24, 2.45) is 0 Å². The maximum absolute atomic E-state index is 12.7. The van der Waals surface area contributed by atoms with Crippen LogP contribution >= 0.6 is 11.3 Å².